The maximum absolute atomic E-state index is 14.0. The Labute approximate surface area is 240 Å². The molecule has 2 aromatic rings. The van der Waals surface area contributed by atoms with E-state index in [1.807, 2.05) is 4.90 Å². The molecule has 2 aromatic carbocycles. The van der Waals surface area contributed by atoms with E-state index in [2.05, 4.69) is 10.2 Å². The van der Waals surface area contributed by atoms with Crippen LogP contribution in [0.3, 0.4) is 0 Å². The predicted octanol–water partition coefficient (Wildman–Crippen LogP) is 2.69. The molecule has 3 unspecified atom stereocenters. The van der Waals surface area contributed by atoms with Crippen molar-refractivity contribution in [2.24, 2.45) is 0 Å². The minimum Gasteiger partial charge on any atom is -0.497 e. The van der Waals surface area contributed by atoms with Crippen molar-refractivity contribution in [3.63, 3.8) is 0 Å². The number of carbonyl (C=O) groups is 2. The van der Waals surface area contributed by atoms with Crippen LogP contribution in [0.5, 0.6) is 5.75 Å². The summed E-state index contributed by atoms with van der Waals surface area (Å²) in [6.45, 7) is 5.21. The van der Waals surface area contributed by atoms with Gasteiger partial charge in [-0.25, -0.2) is 0 Å². The number of nitrogens with zero attached hydrogens (tertiary/aromatic N) is 4. The van der Waals surface area contributed by atoms with Crippen LogP contribution in [0.1, 0.15) is 41.6 Å². The molecule has 3 heterocycles. The number of rotatable bonds is 9. The maximum atomic E-state index is 14.0. The van der Waals surface area contributed by atoms with E-state index in [1.165, 1.54) is 12.1 Å². The Balaban J connectivity index is 1.42. The summed E-state index contributed by atoms with van der Waals surface area (Å²) in [5, 5.41) is 14.5. The van der Waals surface area contributed by atoms with Crippen molar-refractivity contribution in [3.05, 3.63) is 69.8 Å². The van der Waals surface area contributed by atoms with E-state index in [0.29, 0.717) is 50.5 Å². The Bertz CT molecular complexity index is 1210. The molecule has 5 rings (SSSR count). The smallest absolute Gasteiger partial charge is 0.269 e. The molecule has 0 aliphatic carbocycles. The van der Waals surface area contributed by atoms with Gasteiger partial charge < -0.3 is 24.6 Å². The van der Waals surface area contributed by atoms with Gasteiger partial charge >= 0.3 is 0 Å². The fourth-order valence-electron chi connectivity index (χ4n) is 6.09. The number of amides is 2. The number of hydrogen-bond donors (Lipinski definition) is 1. The van der Waals surface area contributed by atoms with Crippen LogP contribution >= 0.6 is 0 Å². The van der Waals surface area contributed by atoms with Crippen LogP contribution in [0.15, 0.2) is 48.5 Å². The van der Waals surface area contributed by atoms with Gasteiger partial charge in [0.2, 0.25) is 5.91 Å². The summed E-state index contributed by atoms with van der Waals surface area (Å²) in [7, 11) is 1.57. The predicted molar refractivity (Wildman–Crippen MR) is 153 cm³/mol. The van der Waals surface area contributed by atoms with Gasteiger partial charge in [-0.3, -0.25) is 24.6 Å². The zero-order valence-electron chi connectivity index (χ0n) is 23.6. The second-order valence-electron chi connectivity index (χ2n) is 11.0. The number of carbonyl (C=O) groups excluding carboxylic acids is 2. The number of benzene rings is 2. The number of likely N-dealkylation sites (tertiary alicyclic amines) is 1. The molecule has 3 aliphatic rings. The topological polar surface area (TPSA) is 117 Å². The van der Waals surface area contributed by atoms with Crippen molar-refractivity contribution in [2.75, 3.05) is 53.0 Å². The first-order valence-corrected chi connectivity index (χ1v) is 14.5. The van der Waals surface area contributed by atoms with E-state index in [0.717, 1.165) is 44.5 Å². The lowest BCUT2D eigenvalue weighted by molar-refractivity contribution is -0.384. The number of non-ortho nitro benzene ring substituents is 1. The number of nitrogens with one attached hydrogen (secondary N) is 1. The van der Waals surface area contributed by atoms with Crippen LogP contribution in [0.25, 0.3) is 0 Å². The molecule has 0 bridgehead atoms. The molecule has 2 amide bonds. The minimum absolute atomic E-state index is 0.0140. The molecule has 0 spiro atoms. The van der Waals surface area contributed by atoms with Gasteiger partial charge in [0.1, 0.15) is 11.8 Å². The van der Waals surface area contributed by atoms with Crippen molar-refractivity contribution >= 4 is 17.5 Å². The second kappa shape index (κ2) is 13.4. The zero-order valence-corrected chi connectivity index (χ0v) is 23.6. The van der Waals surface area contributed by atoms with Gasteiger partial charge in [-0.2, -0.15) is 0 Å². The van der Waals surface area contributed by atoms with Gasteiger partial charge in [0.05, 0.1) is 18.1 Å². The third kappa shape index (κ3) is 7.03. The van der Waals surface area contributed by atoms with Gasteiger partial charge in [0.15, 0.2) is 0 Å². The lowest BCUT2D eigenvalue weighted by atomic mass is 10.1. The standard InChI is InChI=1S/C30H39N5O6/c1-40-26-6-2-5-23(17-26)29(36)34-20-25(18-28(34)30(37)32-14-4-12-31-13-15-32)33(21-27-7-3-16-41-27)19-22-8-10-24(11-9-22)35(38)39/h2,5-6,8-11,17,25,27-28,31H,3-4,7,12-16,18-21H2,1H3. The van der Waals surface area contributed by atoms with Crippen LogP contribution in [-0.4, -0.2) is 103 Å². The van der Waals surface area contributed by atoms with Crippen molar-refractivity contribution in [3.8, 4) is 5.75 Å². The molecular formula is C30H39N5O6. The molecule has 220 valence electrons. The summed E-state index contributed by atoms with van der Waals surface area (Å²) < 4.78 is 11.3. The largest absolute Gasteiger partial charge is 0.497 e. The number of methoxy groups -OCH3 is 1. The van der Waals surface area contributed by atoms with Gasteiger partial charge in [0.25, 0.3) is 11.6 Å². The highest BCUT2D eigenvalue weighted by molar-refractivity contribution is 5.98. The Morgan fingerprint density at radius 2 is 1.98 bits per heavy atom. The first kappa shape index (κ1) is 29.0. The number of ether oxygens (including phenoxy) is 2. The molecule has 3 aliphatic heterocycles. The van der Waals surface area contributed by atoms with E-state index in [-0.39, 0.29) is 29.6 Å². The molecule has 3 saturated heterocycles. The summed E-state index contributed by atoms with van der Waals surface area (Å²) in [6.07, 6.45) is 3.42. The summed E-state index contributed by atoms with van der Waals surface area (Å²) >= 11 is 0. The van der Waals surface area contributed by atoms with Crippen molar-refractivity contribution in [1.82, 2.24) is 20.0 Å². The lowest BCUT2D eigenvalue weighted by Gasteiger charge is -2.31. The van der Waals surface area contributed by atoms with Crippen molar-refractivity contribution < 1.29 is 24.0 Å². The van der Waals surface area contributed by atoms with Crippen LogP contribution in [0.2, 0.25) is 0 Å². The van der Waals surface area contributed by atoms with Crippen LogP contribution < -0.4 is 10.1 Å². The number of nitro benzene ring substituents is 1. The highest BCUT2D eigenvalue weighted by atomic mass is 16.6. The normalized spacial score (nSPS) is 23.0. The van der Waals surface area contributed by atoms with Crippen molar-refractivity contribution in [1.29, 1.82) is 0 Å². The van der Waals surface area contributed by atoms with Gasteiger partial charge in [-0.15, -0.1) is 0 Å². The molecule has 3 fully saturated rings. The molecule has 0 radical (unpaired) electrons. The molecule has 1 N–H and O–H groups in total. The molecule has 0 saturated carbocycles. The molecular weight excluding hydrogens is 526 g/mol. The fraction of sp³-hybridized carbons (Fsp3) is 0.533. The van der Waals surface area contributed by atoms with E-state index in [4.69, 9.17) is 9.47 Å². The fourth-order valence-corrected chi connectivity index (χ4v) is 6.09. The molecule has 3 atom stereocenters. The Hall–Kier alpha value is -3.54. The minimum atomic E-state index is -0.583. The SMILES string of the molecule is COc1cccc(C(=O)N2CC(N(Cc3ccc([N+](=O)[O-])cc3)CC3CCCO3)CC2C(=O)N2CCCNCC2)c1. The molecule has 0 aromatic heterocycles. The first-order chi connectivity index (χ1) is 19.9. The monoisotopic (exact) mass is 565 g/mol. The van der Waals surface area contributed by atoms with E-state index < -0.39 is 11.0 Å². The van der Waals surface area contributed by atoms with E-state index in [9.17, 15) is 19.7 Å². The molecule has 41 heavy (non-hydrogen) atoms. The van der Waals surface area contributed by atoms with Gasteiger partial charge in [0, 0.05) is 69.6 Å². The Kier molecular flexibility index (Phi) is 9.48. The summed E-state index contributed by atoms with van der Waals surface area (Å²) in [6, 6.07) is 13.0. The Morgan fingerprint density at radius 3 is 2.71 bits per heavy atom. The van der Waals surface area contributed by atoms with Gasteiger partial charge in [-0.1, -0.05) is 18.2 Å². The highest BCUT2D eigenvalue weighted by Gasteiger charge is 2.44. The van der Waals surface area contributed by atoms with E-state index in [1.54, 1.807) is 48.4 Å². The quantitative estimate of drug-likeness (QED) is 0.364. The maximum Gasteiger partial charge on any atom is 0.269 e. The van der Waals surface area contributed by atoms with Crippen molar-refractivity contribution in [2.45, 2.75) is 50.4 Å². The Morgan fingerprint density at radius 1 is 1.15 bits per heavy atom. The average Bonchev–Trinajstić information content (AvgIpc) is 3.59. The number of nitro groups is 1. The second-order valence-corrected chi connectivity index (χ2v) is 11.0. The third-order valence-corrected chi connectivity index (χ3v) is 8.30. The highest BCUT2D eigenvalue weighted by Crippen LogP contribution is 2.30. The van der Waals surface area contributed by atoms with Crippen LogP contribution in [-0.2, 0) is 16.1 Å². The third-order valence-electron chi connectivity index (χ3n) is 8.30. The zero-order chi connectivity index (χ0) is 28.8. The lowest BCUT2D eigenvalue weighted by Crippen LogP contribution is -2.48. The summed E-state index contributed by atoms with van der Waals surface area (Å²) in [5.74, 6) is 0.385. The van der Waals surface area contributed by atoms with Crippen LogP contribution in [0.4, 0.5) is 5.69 Å². The van der Waals surface area contributed by atoms with Gasteiger partial charge in [-0.05, 0) is 56.0 Å². The molecule has 11 nitrogen and oxygen atoms in total. The van der Waals surface area contributed by atoms with Crippen LogP contribution in [0, 0.1) is 10.1 Å². The summed E-state index contributed by atoms with van der Waals surface area (Å²) in [4.78, 5) is 44.6. The summed E-state index contributed by atoms with van der Waals surface area (Å²) in [5.41, 5.74) is 1.47. The number of hydrogen-bond acceptors (Lipinski definition) is 8. The first-order valence-electron chi connectivity index (χ1n) is 14.5. The average molecular weight is 566 g/mol. The molecule has 11 heteroatoms. The van der Waals surface area contributed by atoms with E-state index >= 15 is 0 Å².